The number of hydrazone groups is 1. The molecule has 0 aliphatic carbocycles. The second-order valence-corrected chi connectivity index (χ2v) is 6.83. The number of carbonyl (C=O) groups excluding carboxylic acids is 1. The van der Waals surface area contributed by atoms with Crippen LogP contribution in [-0.4, -0.2) is 37.5 Å². The van der Waals surface area contributed by atoms with Gasteiger partial charge in [-0.05, 0) is 19.9 Å². The summed E-state index contributed by atoms with van der Waals surface area (Å²) >= 11 is 0. The van der Waals surface area contributed by atoms with E-state index in [1.54, 1.807) is 0 Å². The smallest absolute Gasteiger partial charge is 0.339 e. The third-order valence-electron chi connectivity index (χ3n) is 3.86. The molecule has 0 aliphatic heterocycles. The molecule has 1 N–H and O–H groups in total. The van der Waals surface area contributed by atoms with Crippen LogP contribution >= 0.6 is 0 Å². The highest BCUT2D eigenvalue weighted by atomic mass is 16.6. The molecule has 33 heavy (non-hydrogen) atoms. The molecule has 0 atom stereocenters. The van der Waals surface area contributed by atoms with E-state index < -0.39 is 59.6 Å². The zero-order valence-electron chi connectivity index (χ0n) is 16.9. The number of rotatable bonds is 9. The van der Waals surface area contributed by atoms with Gasteiger partial charge in [0.15, 0.2) is 0 Å². The first-order valence-corrected chi connectivity index (χ1v) is 8.71. The molecule has 0 amide bonds. The fourth-order valence-corrected chi connectivity index (χ4v) is 2.38. The van der Waals surface area contributed by atoms with Crippen molar-refractivity contribution in [3.8, 4) is 0 Å². The van der Waals surface area contributed by atoms with Crippen molar-refractivity contribution in [2.75, 3.05) is 5.43 Å². The number of nitro groups is 4. The molecule has 172 valence electrons. The topological polar surface area (TPSA) is 223 Å². The van der Waals surface area contributed by atoms with Gasteiger partial charge >= 0.3 is 11.7 Å². The van der Waals surface area contributed by atoms with Crippen LogP contribution in [0.4, 0.5) is 28.4 Å². The number of non-ortho nitro benzene ring substituents is 3. The predicted octanol–water partition coefficient (Wildman–Crippen LogP) is 3.35. The van der Waals surface area contributed by atoms with Gasteiger partial charge in [-0.3, -0.25) is 45.9 Å². The highest BCUT2D eigenvalue weighted by Crippen LogP contribution is 2.29. The number of esters is 1. The molecule has 16 nitrogen and oxygen atoms in total. The van der Waals surface area contributed by atoms with Crippen LogP contribution in [0.15, 0.2) is 41.5 Å². The molecule has 0 spiro atoms. The van der Waals surface area contributed by atoms with E-state index in [1.165, 1.54) is 13.8 Å². The quantitative estimate of drug-likeness (QED) is 0.246. The molecule has 2 aromatic rings. The number of nitrogens with zero attached hydrogens (tertiary/aromatic N) is 5. The number of hydrogen-bond acceptors (Lipinski definition) is 12. The average Bonchev–Trinajstić information content (AvgIpc) is 2.72. The normalized spacial score (nSPS) is 11.1. The number of hydrogen-bond donors (Lipinski definition) is 1. The minimum absolute atomic E-state index is 0.182. The predicted molar refractivity (Wildman–Crippen MR) is 111 cm³/mol. The Bertz CT molecular complexity index is 1160. The first kappa shape index (κ1) is 24.3. The molecule has 0 fully saturated rings. The Kier molecular flexibility index (Phi) is 6.92. The SMILES string of the molecule is CC(C)(C=NNc1ccc([N+](=O)[O-])cc1[N+](=O)[O-])OC(=O)c1cc([N+](=O)[O-])cc([N+](=O)[O-])c1. The summed E-state index contributed by atoms with van der Waals surface area (Å²) in [6.07, 6.45) is 1.03. The maximum absolute atomic E-state index is 12.4. The first-order valence-electron chi connectivity index (χ1n) is 8.71. The van der Waals surface area contributed by atoms with Crippen LogP contribution in [0.1, 0.15) is 24.2 Å². The van der Waals surface area contributed by atoms with E-state index in [1.807, 2.05) is 0 Å². The summed E-state index contributed by atoms with van der Waals surface area (Å²) in [4.78, 5) is 52.8. The Hall–Kier alpha value is -5.02. The Labute approximate surface area is 183 Å². The van der Waals surface area contributed by atoms with Gasteiger partial charge < -0.3 is 4.74 Å². The minimum atomic E-state index is -1.47. The molecule has 0 aromatic heterocycles. The largest absolute Gasteiger partial charge is 0.450 e. The maximum atomic E-state index is 12.4. The third-order valence-corrected chi connectivity index (χ3v) is 3.86. The van der Waals surface area contributed by atoms with Crippen molar-refractivity contribution in [2.24, 2.45) is 5.10 Å². The van der Waals surface area contributed by atoms with E-state index in [0.717, 1.165) is 36.5 Å². The summed E-state index contributed by atoms with van der Waals surface area (Å²) in [5.41, 5.74) is -2.29. The summed E-state index contributed by atoms with van der Waals surface area (Å²) < 4.78 is 5.16. The summed E-state index contributed by atoms with van der Waals surface area (Å²) in [6.45, 7) is 2.71. The van der Waals surface area contributed by atoms with Crippen molar-refractivity contribution in [1.82, 2.24) is 0 Å². The van der Waals surface area contributed by atoms with Crippen molar-refractivity contribution < 1.29 is 29.2 Å². The Balaban J connectivity index is 2.21. The lowest BCUT2D eigenvalue weighted by Gasteiger charge is -2.20. The molecule has 0 saturated heterocycles. The van der Waals surface area contributed by atoms with Gasteiger partial charge in [0.05, 0.1) is 43.6 Å². The standard InChI is InChI=1S/C17H14N6O10/c1-17(2,9-18-19-14-4-3-11(20(25)26)8-15(14)23(31)32)33-16(24)10-5-12(21(27)28)7-13(6-10)22(29)30/h3-9,19H,1-2H3. The number of benzene rings is 2. The van der Waals surface area contributed by atoms with Crippen LogP contribution in [-0.2, 0) is 4.74 Å². The minimum Gasteiger partial charge on any atom is -0.450 e. The van der Waals surface area contributed by atoms with E-state index in [9.17, 15) is 45.3 Å². The molecule has 2 rings (SSSR count). The maximum Gasteiger partial charge on any atom is 0.339 e. The van der Waals surface area contributed by atoms with Gasteiger partial charge in [-0.1, -0.05) is 0 Å². The summed E-state index contributed by atoms with van der Waals surface area (Å²) in [7, 11) is 0. The van der Waals surface area contributed by atoms with Gasteiger partial charge in [0.25, 0.3) is 17.1 Å². The van der Waals surface area contributed by atoms with Gasteiger partial charge in [-0.15, -0.1) is 0 Å². The summed E-state index contributed by atoms with van der Waals surface area (Å²) in [5.74, 6) is -1.13. The zero-order valence-corrected chi connectivity index (χ0v) is 16.9. The lowest BCUT2D eigenvalue weighted by atomic mass is 10.1. The second kappa shape index (κ2) is 9.41. The zero-order chi connectivity index (χ0) is 24.9. The van der Waals surface area contributed by atoms with Crippen molar-refractivity contribution in [2.45, 2.75) is 19.4 Å². The van der Waals surface area contributed by atoms with E-state index >= 15 is 0 Å². The van der Waals surface area contributed by atoms with Crippen molar-refractivity contribution >= 4 is 40.6 Å². The van der Waals surface area contributed by atoms with E-state index in [4.69, 9.17) is 4.74 Å². The van der Waals surface area contributed by atoms with Crippen LogP contribution < -0.4 is 5.43 Å². The van der Waals surface area contributed by atoms with Crippen molar-refractivity contribution in [1.29, 1.82) is 0 Å². The van der Waals surface area contributed by atoms with Crippen LogP contribution in [0, 0.1) is 40.5 Å². The van der Waals surface area contributed by atoms with Gasteiger partial charge in [0.2, 0.25) is 0 Å². The van der Waals surface area contributed by atoms with E-state index in [0.29, 0.717) is 6.07 Å². The van der Waals surface area contributed by atoms with Crippen LogP contribution in [0.25, 0.3) is 0 Å². The molecular formula is C17H14N6O10. The number of anilines is 1. The van der Waals surface area contributed by atoms with Crippen LogP contribution in [0.3, 0.4) is 0 Å². The van der Waals surface area contributed by atoms with Gasteiger partial charge in [-0.2, -0.15) is 5.10 Å². The molecule has 0 saturated carbocycles. The third kappa shape index (κ3) is 6.23. The number of ether oxygens (including phenoxy) is 1. The Morgan fingerprint density at radius 3 is 1.91 bits per heavy atom. The van der Waals surface area contributed by atoms with Crippen molar-refractivity contribution in [3.05, 3.63) is 82.4 Å². The summed E-state index contributed by atoms with van der Waals surface area (Å²) in [5, 5.41) is 47.6. The molecule has 16 heteroatoms. The number of nitro benzene ring substituents is 4. The molecule has 0 bridgehead atoms. The number of carbonyl (C=O) groups is 1. The Morgan fingerprint density at radius 1 is 0.879 bits per heavy atom. The fourth-order valence-electron chi connectivity index (χ4n) is 2.38. The Morgan fingerprint density at radius 2 is 1.42 bits per heavy atom. The highest BCUT2D eigenvalue weighted by Gasteiger charge is 2.26. The molecule has 0 unspecified atom stereocenters. The molecule has 0 aliphatic rings. The molecule has 0 heterocycles. The van der Waals surface area contributed by atoms with Gasteiger partial charge in [-0.25, -0.2) is 4.79 Å². The molecule has 2 aromatic carbocycles. The number of nitrogens with one attached hydrogen (secondary N) is 1. The van der Waals surface area contributed by atoms with Crippen molar-refractivity contribution in [3.63, 3.8) is 0 Å². The van der Waals surface area contributed by atoms with Gasteiger partial charge in [0.1, 0.15) is 11.3 Å². The monoisotopic (exact) mass is 462 g/mol. The average molecular weight is 462 g/mol. The summed E-state index contributed by atoms with van der Waals surface area (Å²) in [6, 6.07) is 5.12. The molecule has 0 radical (unpaired) electrons. The van der Waals surface area contributed by atoms with Crippen LogP contribution in [0.5, 0.6) is 0 Å². The van der Waals surface area contributed by atoms with E-state index in [2.05, 4.69) is 10.5 Å². The fraction of sp³-hybridized carbons (Fsp3) is 0.176. The van der Waals surface area contributed by atoms with Crippen LogP contribution in [0.2, 0.25) is 0 Å². The first-order chi connectivity index (χ1) is 15.3. The van der Waals surface area contributed by atoms with Gasteiger partial charge in [0, 0.05) is 18.2 Å². The lowest BCUT2D eigenvalue weighted by molar-refractivity contribution is -0.394. The van der Waals surface area contributed by atoms with E-state index in [-0.39, 0.29) is 5.69 Å². The molecular weight excluding hydrogens is 448 g/mol. The highest BCUT2D eigenvalue weighted by molar-refractivity contribution is 5.92. The lowest BCUT2D eigenvalue weighted by Crippen LogP contribution is -2.30. The second-order valence-electron chi connectivity index (χ2n) is 6.83.